The van der Waals surface area contributed by atoms with Crippen molar-refractivity contribution in [2.45, 2.75) is 24.2 Å². The van der Waals surface area contributed by atoms with Crippen LogP contribution in [0.15, 0.2) is 52.5 Å². The first-order chi connectivity index (χ1) is 11.4. The summed E-state index contributed by atoms with van der Waals surface area (Å²) in [5.41, 5.74) is 6.25. The lowest BCUT2D eigenvalue weighted by Gasteiger charge is -2.02. The number of benzene rings is 2. The highest BCUT2D eigenvalue weighted by Gasteiger charge is 2.11. The van der Waals surface area contributed by atoms with E-state index < -0.39 is 16.0 Å². The fraction of sp³-hybridized carbons (Fsp3) is 0.176. The van der Waals surface area contributed by atoms with Crippen molar-refractivity contribution in [2.75, 3.05) is 0 Å². The Bertz CT molecular complexity index is 903. The van der Waals surface area contributed by atoms with E-state index in [0.717, 1.165) is 30.5 Å². The van der Waals surface area contributed by atoms with Gasteiger partial charge in [-0.1, -0.05) is 12.1 Å². The van der Waals surface area contributed by atoms with Crippen LogP contribution < -0.4 is 5.43 Å². The Labute approximate surface area is 140 Å². The average molecular weight is 344 g/mol. The number of hydrogen-bond donors (Lipinski definition) is 2. The number of aryl methyl sites for hydroxylation is 2. The van der Waals surface area contributed by atoms with Crippen LogP contribution in [0.25, 0.3) is 0 Å². The van der Waals surface area contributed by atoms with Crippen molar-refractivity contribution in [3.05, 3.63) is 64.7 Å². The maximum absolute atomic E-state index is 11.9. The number of nitrogens with one attached hydrogen (secondary N) is 1. The monoisotopic (exact) mass is 344 g/mol. The van der Waals surface area contributed by atoms with Gasteiger partial charge in [-0.25, -0.2) is 5.43 Å². The molecule has 3 rings (SSSR count). The quantitative estimate of drug-likeness (QED) is 0.505. The summed E-state index contributed by atoms with van der Waals surface area (Å²) in [4.78, 5) is 11.7. The summed E-state index contributed by atoms with van der Waals surface area (Å²) in [6, 6.07) is 11.1. The van der Waals surface area contributed by atoms with Crippen molar-refractivity contribution in [1.82, 2.24) is 5.43 Å². The Kier molecular flexibility index (Phi) is 4.46. The van der Waals surface area contributed by atoms with Gasteiger partial charge in [-0.15, -0.1) is 0 Å². The Morgan fingerprint density at radius 1 is 1.08 bits per heavy atom. The minimum atomic E-state index is -4.26. The molecular formula is C17H16N2O4S. The van der Waals surface area contributed by atoms with Crippen molar-refractivity contribution in [1.29, 1.82) is 0 Å². The van der Waals surface area contributed by atoms with Gasteiger partial charge in [0.1, 0.15) is 0 Å². The van der Waals surface area contributed by atoms with E-state index >= 15 is 0 Å². The SMILES string of the molecule is O=C(NN=Cc1ccc2c(c1)CCC2)c1ccc(S(=O)(=O)O)cc1. The van der Waals surface area contributed by atoms with Gasteiger partial charge in [-0.3, -0.25) is 9.35 Å². The summed E-state index contributed by atoms with van der Waals surface area (Å²) in [5, 5.41) is 3.92. The third-order valence-corrected chi connectivity index (χ3v) is 4.78. The van der Waals surface area contributed by atoms with Gasteiger partial charge in [0.05, 0.1) is 11.1 Å². The molecule has 0 atom stereocenters. The second-order valence-corrected chi connectivity index (χ2v) is 7.00. The number of nitrogens with zero attached hydrogens (tertiary/aromatic N) is 1. The predicted molar refractivity (Wildman–Crippen MR) is 89.8 cm³/mol. The summed E-state index contributed by atoms with van der Waals surface area (Å²) in [6.45, 7) is 0. The molecule has 6 nitrogen and oxygen atoms in total. The van der Waals surface area contributed by atoms with Crippen LogP contribution in [0.4, 0.5) is 0 Å². The zero-order valence-electron chi connectivity index (χ0n) is 12.8. The minimum absolute atomic E-state index is 0.244. The van der Waals surface area contributed by atoms with E-state index in [9.17, 15) is 13.2 Å². The maximum Gasteiger partial charge on any atom is 0.294 e. The third-order valence-electron chi connectivity index (χ3n) is 3.92. The van der Waals surface area contributed by atoms with Gasteiger partial charge in [0.2, 0.25) is 0 Å². The Balaban J connectivity index is 1.65. The highest BCUT2D eigenvalue weighted by molar-refractivity contribution is 7.85. The first kappa shape index (κ1) is 16.4. The van der Waals surface area contributed by atoms with E-state index in [-0.39, 0.29) is 10.5 Å². The van der Waals surface area contributed by atoms with Crippen molar-refractivity contribution < 1.29 is 17.8 Å². The number of hydrazone groups is 1. The molecule has 2 aromatic carbocycles. The number of carbonyl (C=O) groups is 1. The summed E-state index contributed by atoms with van der Waals surface area (Å²) in [6.07, 6.45) is 4.93. The van der Waals surface area contributed by atoms with E-state index in [2.05, 4.69) is 22.7 Å². The molecule has 7 heteroatoms. The standard InChI is InChI=1S/C17H16N2O4S/c20-17(14-6-8-16(9-7-14)24(21,22)23)19-18-11-12-4-5-13-2-1-3-15(13)10-12/h4-11H,1-3H2,(H,19,20)(H,21,22,23). The van der Waals surface area contributed by atoms with Crippen LogP contribution >= 0.6 is 0 Å². The molecule has 124 valence electrons. The lowest BCUT2D eigenvalue weighted by atomic mass is 10.1. The Morgan fingerprint density at radius 3 is 2.50 bits per heavy atom. The van der Waals surface area contributed by atoms with Gasteiger partial charge in [0, 0.05) is 5.56 Å². The molecule has 24 heavy (non-hydrogen) atoms. The van der Waals surface area contributed by atoms with Crippen molar-refractivity contribution in [3.63, 3.8) is 0 Å². The largest absolute Gasteiger partial charge is 0.294 e. The van der Waals surface area contributed by atoms with Gasteiger partial charge in [-0.05, 0) is 66.3 Å². The number of amides is 1. The lowest BCUT2D eigenvalue weighted by molar-refractivity contribution is 0.0955. The van der Waals surface area contributed by atoms with Crippen LogP contribution in [0.1, 0.15) is 33.5 Å². The highest BCUT2D eigenvalue weighted by atomic mass is 32.2. The first-order valence-corrected chi connectivity index (χ1v) is 8.90. The molecule has 1 aliphatic carbocycles. The van der Waals surface area contributed by atoms with Gasteiger partial charge in [0.15, 0.2) is 0 Å². The fourth-order valence-corrected chi connectivity index (χ4v) is 3.16. The topological polar surface area (TPSA) is 95.8 Å². The molecule has 0 radical (unpaired) electrons. The van der Waals surface area contributed by atoms with E-state index in [1.54, 1.807) is 6.21 Å². The second kappa shape index (κ2) is 6.54. The molecule has 1 amide bonds. The molecule has 0 saturated heterocycles. The van der Waals surface area contributed by atoms with Gasteiger partial charge in [-0.2, -0.15) is 13.5 Å². The van der Waals surface area contributed by atoms with Crippen molar-refractivity contribution in [3.8, 4) is 0 Å². The number of carbonyl (C=O) groups excluding carboxylic acids is 1. The van der Waals surface area contributed by atoms with Crippen LogP contribution in [0.3, 0.4) is 0 Å². The number of rotatable bonds is 4. The van der Waals surface area contributed by atoms with Crippen LogP contribution in [0, 0.1) is 0 Å². The van der Waals surface area contributed by atoms with Gasteiger partial charge < -0.3 is 0 Å². The van der Waals surface area contributed by atoms with Crippen LogP contribution in [-0.2, 0) is 23.0 Å². The molecule has 0 saturated carbocycles. The van der Waals surface area contributed by atoms with E-state index in [0.29, 0.717) is 0 Å². The van der Waals surface area contributed by atoms with Gasteiger partial charge >= 0.3 is 0 Å². The molecule has 0 unspecified atom stereocenters. The molecule has 1 aliphatic rings. The molecular weight excluding hydrogens is 328 g/mol. The second-order valence-electron chi connectivity index (χ2n) is 5.58. The zero-order valence-corrected chi connectivity index (χ0v) is 13.6. The van der Waals surface area contributed by atoms with Crippen LogP contribution in [0.5, 0.6) is 0 Å². The summed E-state index contributed by atoms with van der Waals surface area (Å²) in [7, 11) is -4.26. The molecule has 0 spiro atoms. The molecule has 2 aromatic rings. The maximum atomic E-state index is 11.9. The van der Waals surface area contributed by atoms with E-state index in [1.165, 1.54) is 29.7 Å². The normalized spacial score (nSPS) is 13.9. The van der Waals surface area contributed by atoms with E-state index in [4.69, 9.17) is 4.55 Å². The third kappa shape index (κ3) is 3.69. The molecule has 0 aromatic heterocycles. The summed E-state index contributed by atoms with van der Waals surface area (Å²) in [5.74, 6) is -0.464. The lowest BCUT2D eigenvalue weighted by Crippen LogP contribution is -2.17. The Hall–Kier alpha value is -2.51. The van der Waals surface area contributed by atoms with E-state index in [1.807, 2.05) is 6.07 Å². The molecule has 0 aliphatic heterocycles. The first-order valence-electron chi connectivity index (χ1n) is 7.46. The van der Waals surface area contributed by atoms with Crippen LogP contribution in [-0.4, -0.2) is 25.1 Å². The van der Waals surface area contributed by atoms with Crippen LogP contribution in [0.2, 0.25) is 0 Å². The molecule has 0 heterocycles. The average Bonchev–Trinajstić information content (AvgIpc) is 3.02. The number of hydrogen-bond acceptors (Lipinski definition) is 4. The van der Waals surface area contributed by atoms with Gasteiger partial charge in [0.25, 0.3) is 16.0 Å². The Morgan fingerprint density at radius 2 is 1.79 bits per heavy atom. The van der Waals surface area contributed by atoms with Crippen molar-refractivity contribution >= 4 is 22.2 Å². The highest BCUT2D eigenvalue weighted by Crippen LogP contribution is 2.22. The fourth-order valence-electron chi connectivity index (χ4n) is 2.68. The smallest absolute Gasteiger partial charge is 0.282 e. The summed E-state index contributed by atoms with van der Waals surface area (Å²) >= 11 is 0. The molecule has 0 fully saturated rings. The molecule has 0 bridgehead atoms. The summed E-state index contributed by atoms with van der Waals surface area (Å²) < 4.78 is 30.8. The van der Waals surface area contributed by atoms with Crippen molar-refractivity contribution in [2.24, 2.45) is 5.10 Å². The minimum Gasteiger partial charge on any atom is -0.282 e. The predicted octanol–water partition coefficient (Wildman–Crippen LogP) is 2.19. The molecule has 2 N–H and O–H groups in total. The zero-order chi connectivity index (χ0) is 17.2. The number of fused-ring (bicyclic) bond motifs is 1.